The van der Waals surface area contributed by atoms with E-state index in [9.17, 15) is 4.79 Å². The number of hydrogen-bond acceptors (Lipinski definition) is 3. The molecular weight excluding hydrogens is 264 g/mol. The maximum absolute atomic E-state index is 12.1. The fourth-order valence-electron chi connectivity index (χ4n) is 2.33. The number of furan rings is 1. The van der Waals surface area contributed by atoms with Gasteiger partial charge >= 0.3 is 0 Å². The standard InChI is InChI=1S/C17H20N2O2/c20-16(10-11-18-14-8-9-14)19-17(15-7-4-12-21-15)13-5-2-1-3-6-13/h1-7,12,14,17-18H,8-11H2,(H,19,20). The first-order valence-corrected chi connectivity index (χ1v) is 7.44. The number of carbonyl (C=O) groups excluding carboxylic acids is 1. The number of carbonyl (C=O) groups is 1. The molecule has 3 rings (SSSR count). The van der Waals surface area contributed by atoms with Crippen LogP contribution in [0.5, 0.6) is 0 Å². The van der Waals surface area contributed by atoms with Crippen LogP contribution in [0.4, 0.5) is 0 Å². The molecule has 4 nitrogen and oxygen atoms in total. The molecule has 0 radical (unpaired) electrons. The van der Waals surface area contributed by atoms with E-state index in [1.54, 1.807) is 6.26 Å². The van der Waals surface area contributed by atoms with E-state index in [1.807, 2.05) is 42.5 Å². The quantitative estimate of drug-likeness (QED) is 0.822. The second kappa shape index (κ2) is 6.59. The zero-order valence-electron chi connectivity index (χ0n) is 11.9. The van der Waals surface area contributed by atoms with Crippen LogP contribution >= 0.6 is 0 Å². The molecule has 1 aromatic carbocycles. The van der Waals surface area contributed by atoms with Gasteiger partial charge in [-0.3, -0.25) is 4.79 Å². The van der Waals surface area contributed by atoms with Crippen molar-refractivity contribution in [1.82, 2.24) is 10.6 Å². The highest BCUT2D eigenvalue weighted by Gasteiger charge is 2.21. The van der Waals surface area contributed by atoms with Crippen molar-refractivity contribution in [3.8, 4) is 0 Å². The van der Waals surface area contributed by atoms with Gasteiger partial charge in [-0.15, -0.1) is 0 Å². The van der Waals surface area contributed by atoms with Crippen molar-refractivity contribution in [3.05, 3.63) is 60.1 Å². The molecule has 0 spiro atoms. The lowest BCUT2D eigenvalue weighted by Gasteiger charge is -2.17. The fourth-order valence-corrected chi connectivity index (χ4v) is 2.33. The molecule has 4 heteroatoms. The number of nitrogens with one attached hydrogen (secondary N) is 2. The first-order chi connectivity index (χ1) is 10.3. The normalized spacial score (nSPS) is 15.6. The molecule has 21 heavy (non-hydrogen) atoms. The van der Waals surface area contributed by atoms with Crippen LogP contribution in [0, 0.1) is 0 Å². The molecule has 1 aliphatic rings. The van der Waals surface area contributed by atoms with Gasteiger partial charge in [0.25, 0.3) is 0 Å². The molecule has 0 aliphatic heterocycles. The first kappa shape index (κ1) is 13.9. The molecule has 1 saturated carbocycles. The lowest BCUT2D eigenvalue weighted by atomic mass is 10.0. The zero-order valence-corrected chi connectivity index (χ0v) is 11.9. The smallest absolute Gasteiger partial charge is 0.222 e. The summed E-state index contributed by atoms with van der Waals surface area (Å²) in [7, 11) is 0. The maximum atomic E-state index is 12.1. The van der Waals surface area contributed by atoms with Gasteiger partial charge in [-0.25, -0.2) is 0 Å². The molecule has 1 amide bonds. The second-order valence-corrected chi connectivity index (χ2v) is 5.41. The van der Waals surface area contributed by atoms with Crippen LogP contribution in [-0.4, -0.2) is 18.5 Å². The Bertz CT molecular complexity index is 562. The van der Waals surface area contributed by atoms with Gasteiger partial charge < -0.3 is 15.1 Å². The molecule has 0 bridgehead atoms. The van der Waals surface area contributed by atoms with Gasteiger partial charge in [0, 0.05) is 19.0 Å². The summed E-state index contributed by atoms with van der Waals surface area (Å²) in [6.45, 7) is 0.732. The minimum atomic E-state index is -0.227. The van der Waals surface area contributed by atoms with Gasteiger partial charge in [-0.05, 0) is 30.5 Å². The van der Waals surface area contributed by atoms with Crippen molar-refractivity contribution < 1.29 is 9.21 Å². The number of amides is 1. The topological polar surface area (TPSA) is 54.3 Å². The van der Waals surface area contributed by atoms with Crippen LogP contribution in [0.15, 0.2) is 53.1 Å². The van der Waals surface area contributed by atoms with E-state index in [1.165, 1.54) is 12.8 Å². The van der Waals surface area contributed by atoms with Crippen LogP contribution in [0.3, 0.4) is 0 Å². The molecule has 1 aromatic heterocycles. The second-order valence-electron chi connectivity index (χ2n) is 5.41. The Morgan fingerprint density at radius 2 is 2.00 bits per heavy atom. The van der Waals surface area contributed by atoms with E-state index in [0.717, 1.165) is 17.9 Å². The van der Waals surface area contributed by atoms with E-state index >= 15 is 0 Å². The summed E-state index contributed by atoms with van der Waals surface area (Å²) < 4.78 is 5.47. The van der Waals surface area contributed by atoms with Gasteiger partial charge in [-0.1, -0.05) is 30.3 Å². The Balaban J connectivity index is 1.63. The molecule has 1 atom stereocenters. The summed E-state index contributed by atoms with van der Waals surface area (Å²) >= 11 is 0. The third-order valence-electron chi connectivity index (χ3n) is 3.63. The Hall–Kier alpha value is -2.07. The molecule has 110 valence electrons. The molecule has 2 aromatic rings. The lowest BCUT2D eigenvalue weighted by Crippen LogP contribution is -2.32. The van der Waals surface area contributed by atoms with E-state index < -0.39 is 0 Å². The van der Waals surface area contributed by atoms with Gasteiger partial charge in [0.15, 0.2) is 0 Å². The third-order valence-corrected chi connectivity index (χ3v) is 3.63. The first-order valence-electron chi connectivity index (χ1n) is 7.44. The largest absolute Gasteiger partial charge is 0.467 e. The van der Waals surface area contributed by atoms with Gasteiger partial charge in [-0.2, -0.15) is 0 Å². The minimum Gasteiger partial charge on any atom is -0.467 e. The van der Waals surface area contributed by atoms with E-state index in [4.69, 9.17) is 4.42 Å². The summed E-state index contributed by atoms with van der Waals surface area (Å²) in [4.78, 5) is 12.1. The minimum absolute atomic E-state index is 0.0356. The van der Waals surface area contributed by atoms with Crippen LogP contribution < -0.4 is 10.6 Å². The molecule has 1 heterocycles. The molecule has 1 fully saturated rings. The number of hydrogen-bond donors (Lipinski definition) is 2. The highest BCUT2D eigenvalue weighted by molar-refractivity contribution is 5.77. The molecule has 0 saturated heterocycles. The average Bonchev–Trinajstić information content (AvgIpc) is 3.17. The summed E-state index contributed by atoms with van der Waals surface area (Å²) in [5.41, 5.74) is 1.02. The van der Waals surface area contributed by atoms with Gasteiger partial charge in [0.05, 0.1) is 6.26 Å². The van der Waals surface area contributed by atoms with Crippen molar-refractivity contribution in [2.24, 2.45) is 0 Å². The third kappa shape index (κ3) is 3.95. The Morgan fingerprint density at radius 3 is 2.67 bits per heavy atom. The lowest BCUT2D eigenvalue weighted by molar-refractivity contribution is -0.121. The molecule has 1 aliphatic carbocycles. The summed E-state index contributed by atoms with van der Waals surface area (Å²) in [6.07, 6.45) is 4.59. The molecular formula is C17H20N2O2. The predicted molar refractivity (Wildman–Crippen MR) is 80.8 cm³/mol. The highest BCUT2D eigenvalue weighted by atomic mass is 16.3. The Labute approximate surface area is 124 Å². The summed E-state index contributed by atoms with van der Waals surface area (Å²) in [5.74, 6) is 0.790. The zero-order chi connectivity index (χ0) is 14.5. The fraction of sp³-hybridized carbons (Fsp3) is 0.353. The molecule has 2 N–H and O–H groups in total. The van der Waals surface area contributed by atoms with E-state index in [-0.39, 0.29) is 11.9 Å². The van der Waals surface area contributed by atoms with Crippen molar-refractivity contribution >= 4 is 5.91 Å². The summed E-state index contributed by atoms with van der Waals surface area (Å²) in [5, 5.41) is 6.41. The van der Waals surface area contributed by atoms with Crippen LogP contribution in [0.2, 0.25) is 0 Å². The van der Waals surface area contributed by atoms with Crippen molar-refractivity contribution in [2.75, 3.05) is 6.54 Å². The number of rotatable bonds is 7. The van der Waals surface area contributed by atoms with Crippen molar-refractivity contribution in [2.45, 2.75) is 31.3 Å². The van der Waals surface area contributed by atoms with Gasteiger partial charge in [0.2, 0.25) is 5.91 Å². The van der Waals surface area contributed by atoms with Crippen LogP contribution in [-0.2, 0) is 4.79 Å². The van der Waals surface area contributed by atoms with E-state index in [0.29, 0.717) is 12.5 Å². The van der Waals surface area contributed by atoms with Crippen molar-refractivity contribution in [1.29, 1.82) is 0 Å². The highest BCUT2D eigenvalue weighted by Crippen LogP contribution is 2.22. The predicted octanol–water partition coefficient (Wildman–Crippen LogP) is 2.63. The Morgan fingerprint density at radius 1 is 1.19 bits per heavy atom. The SMILES string of the molecule is O=C(CCNC1CC1)NC(c1ccccc1)c1ccco1. The Kier molecular flexibility index (Phi) is 4.36. The average molecular weight is 284 g/mol. The monoisotopic (exact) mass is 284 g/mol. The number of benzene rings is 1. The molecule has 1 unspecified atom stereocenters. The van der Waals surface area contributed by atoms with Gasteiger partial charge in [0.1, 0.15) is 11.8 Å². The van der Waals surface area contributed by atoms with Crippen LogP contribution in [0.25, 0.3) is 0 Å². The van der Waals surface area contributed by atoms with E-state index in [2.05, 4.69) is 10.6 Å². The maximum Gasteiger partial charge on any atom is 0.222 e. The van der Waals surface area contributed by atoms with Crippen molar-refractivity contribution in [3.63, 3.8) is 0 Å². The van der Waals surface area contributed by atoms with Crippen LogP contribution in [0.1, 0.15) is 36.6 Å². The summed E-state index contributed by atoms with van der Waals surface area (Å²) in [6, 6.07) is 14.0.